The minimum Gasteiger partial charge on any atom is -0.497 e. The van der Waals surface area contributed by atoms with E-state index in [2.05, 4.69) is 31.1 Å². The van der Waals surface area contributed by atoms with E-state index in [0.717, 1.165) is 69.9 Å². The molecule has 0 atom stereocenters. The Bertz CT molecular complexity index is 714. The van der Waals surface area contributed by atoms with Crippen molar-refractivity contribution in [2.24, 2.45) is 10.9 Å². The maximum Gasteiger partial charge on any atom is 0.193 e. The van der Waals surface area contributed by atoms with Crippen LogP contribution in [0.5, 0.6) is 11.5 Å². The van der Waals surface area contributed by atoms with Crippen LogP contribution in [-0.4, -0.2) is 108 Å². The Kier molecular flexibility index (Phi) is 9.89. The number of guanidine groups is 1. The summed E-state index contributed by atoms with van der Waals surface area (Å²) in [4.78, 5) is 11.9. The highest BCUT2D eigenvalue weighted by Crippen LogP contribution is 2.25. The quantitative estimate of drug-likeness (QED) is 0.457. The van der Waals surface area contributed by atoms with Crippen LogP contribution in [0.4, 0.5) is 0 Å². The van der Waals surface area contributed by atoms with Gasteiger partial charge in [-0.15, -0.1) is 0 Å². The van der Waals surface area contributed by atoms with Crippen LogP contribution >= 0.6 is 0 Å². The van der Waals surface area contributed by atoms with Gasteiger partial charge in [0.05, 0.1) is 20.8 Å². The van der Waals surface area contributed by atoms with Crippen molar-refractivity contribution < 1.29 is 14.2 Å². The van der Waals surface area contributed by atoms with Gasteiger partial charge in [0, 0.05) is 65.5 Å². The van der Waals surface area contributed by atoms with E-state index in [-0.39, 0.29) is 0 Å². The molecule has 32 heavy (non-hydrogen) atoms. The Hall–Kier alpha value is -2.03. The highest BCUT2D eigenvalue weighted by molar-refractivity contribution is 5.80. The third-order valence-electron chi connectivity index (χ3n) is 6.63. The summed E-state index contributed by atoms with van der Waals surface area (Å²) in [6.07, 6.45) is 2.48. The number of methoxy groups -OCH3 is 3. The molecule has 2 aliphatic rings. The zero-order valence-electron chi connectivity index (χ0n) is 20.3. The molecule has 1 aromatic carbocycles. The van der Waals surface area contributed by atoms with E-state index in [9.17, 15) is 0 Å². The monoisotopic (exact) mass is 447 g/mol. The van der Waals surface area contributed by atoms with Crippen LogP contribution in [0.2, 0.25) is 0 Å². The van der Waals surface area contributed by atoms with E-state index in [1.54, 1.807) is 21.3 Å². The summed E-state index contributed by atoms with van der Waals surface area (Å²) >= 11 is 0. The molecule has 0 aliphatic carbocycles. The van der Waals surface area contributed by atoms with Gasteiger partial charge in [0.1, 0.15) is 11.5 Å². The first-order chi connectivity index (χ1) is 15.7. The number of nitrogens with zero attached hydrogens (tertiary/aromatic N) is 4. The van der Waals surface area contributed by atoms with Gasteiger partial charge in [-0.05, 0) is 50.0 Å². The highest BCUT2D eigenvalue weighted by Gasteiger charge is 2.23. The first kappa shape index (κ1) is 24.6. The van der Waals surface area contributed by atoms with E-state index in [1.165, 1.54) is 31.5 Å². The van der Waals surface area contributed by atoms with E-state index in [0.29, 0.717) is 5.92 Å². The molecule has 0 radical (unpaired) electrons. The first-order valence-electron chi connectivity index (χ1n) is 11.8. The standard InChI is InChI=1S/C24H41N5O3/c1-25-24(26-18-20-7-9-27(10-8-20)15-16-30-2)29-13-11-28(12-14-29)19-21-17-22(31-3)5-6-23(21)32-4/h5-6,17,20H,7-16,18-19H2,1-4H3,(H,25,26). The average Bonchev–Trinajstić information content (AvgIpc) is 2.84. The lowest BCUT2D eigenvalue weighted by atomic mass is 9.97. The lowest BCUT2D eigenvalue weighted by Crippen LogP contribution is -2.53. The van der Waals surface area contributed by atoms with Crippen LogP contribution < -0.4 is 14.8 Å². The third-order valence-corrected chi connectivity index (χ3v) is 6.63. The summed E-state index contributed by atoms with van der Waals surface area (Å²) in [6.45, 7) is 10.0. The second kappa shape index (κ2) is 12.9. The number of hydrogen-bond acceptors (Lipinski definition) is 6. The molecular weight excluding hydrogens is 406 g/mol. The van der Waals surface area contributed by atoms with Gasteiger partial charge in [0.25, 0.3) is 0 Å². The number of hydrogen-bond donors (Lipinski definition) is 1. The molecule has 3 rings (SSSR count). The van der Waals surface area contributed by atoms with Gasteiger partial charge in [-0.3, -0.25) is 9.89 Å². The lowest BCUT2D eigenvalue weighted by molar-refractivity contribution is 0.120. The molecule has 1 aromatic rings. The molecule has 2 heterocycles. The van der Waals surface area contributed by atoms with Crippen molar-refractivity contribution in [2.45, 2.75) is 19.4 Å². The molecule has 0 bridgehead atoms. The largest absolute Gasteiger partial charge is 0.497 e. The van der Waals surface area contributed by atoms with Crippen molar-refractivity contribution in [3.05, 3.63) is 23.8 Å². The summed E-state index contributed by atoms with van der Waals surface area (Å²) in [5, 5.41) is 3.64. The van der Waals surface area contributed by atoms with Crippen LogP contribution in [0.15, 0.2) is 23.2 Å². The highest BCUT2D eigenvalue weighted by atomic mass is 16.5. The summed E-state index contributed by atoms with van der Waals surface area (Å²) in [7, 11) is 7.09. The van der Waals surface area contributed by atoms with Crippen molar-refractivity contribution in [2.75, 3.05) is 87.3 Å². The Labute approximate surface area is 193 Å². The predicted octanol–water partition coefficient (Wildman–Crippen LogP) is 1.76. The van der Waals surface area contributed by atoms with E-state index in [4.69, 9.17) is 14.2 Å². The molecule has 2 aliphatic heterocycles. The van der Waals surface area contributed by atoms with Crippen LogP contribution in [0, 0.1) is 5.92 Å². The van der Waals surface area contributed by atoms with Crippen molar-refractivity contribution in [1.82, 2.24) is 20.0 Å². The number of piperazine rings is 1. The Morgan fingerprint density at radius 1 is 1.00 bits per heavy atom. The fourth-order valence-electron chi connectivity index (χ4n) is 4.57. The molecule has 180 valence electrons. The number of nitrogens with one attached hydrogen (secondary N) is 1. The average molecular weight is 448 g/mol. The lowest BCUT2D eigenvalue weighted by Gasteiger charge is -2.37. The number of piperidine rings is 1. The predicted molar refractivity (Wildman–Crippen MR) is 129 cm³/mol. The minimum atomic E-state index is 0.715. The number of benzene rings is 1. The van der Waals surface area contributed by atoms with Crippen LogP contribution in [0.3, 0.4) is 0 Å². The van der Waals surface area contributed by atoms with Crippen molar-refractivity contribution in [3.63, 3.8) is 0 Å². The molecule has 8 nitrogen and oxygen atoms in total. The van der Waals surface area contributed by atoms with Crippen molar-refractivity contribution in [3.8, 4) is 11.5 Å². The van der Waals surface area contributed by atoms with Crippen LogP contribution in [0.25, 0.3) is 0 Å². The number of rotatable bonds is 9. The number of ether oxygens (including phenoxy) is 3. The SMILES string of the molecule is CN=C(NCC1CCN(CCOC)CC1)N1CCN(Cc2cc(OC)ccc2OC)CC1. The Morgan fingerprint density at radius 2 is 1.75 bits per heavy atom. The maximum absolute atomic E-state index is 5.55. The van der Waals surface area contributed by atoms with Gasteiger partial charge < -0.3 is 29.3 Å². The second-order valence-electron chi connectivity index (χ2n) is 8.65. The third kappa shape index (κ3) is 6.98. The summed E-state index contributed by atoms with van der Waals surface area (Å²) in [5.41, 5.74) is 1.17. The zero-order valence-corrected chi connectivity index (χ0v) is 20.3. The van der Waals surface area contributed by atoms with Gasteiger partial charge in [-0.2, -0.15) is 0 Å². The Balaban J connectivity index is 1.42. The molecule has 1 N–H and O–H groups in total. The van der Waals surface area contributed by atoms with Gasteiger partial charge >= 0.3 is 0 Å². The van der Waals surface area contributed by atoms with Crippen LogP contribution in [-0.2, 0) is 11.3 Å². The van der Waals surface area contributed by atoms with Gasteiger partial charge in [0.2, 0.25) is 0 Å². The summed E-state index contributed by atoms with van der Waals surface area (Å²) in [5.74, 6) is 3.53. The summed E-state index contributed by atoms with van der Waals surface area (Å²) < 4.78 is 16.1. The second-order valence-corrected chi connectivity index (χ2v) is 8.65. The normalized spacial score (nSPS) is 19.2. The molecule has 2 fully saturated rings. The van der Waals surface area contributed by atoms with E-state index in [1.807, 2.05) is 19.2 Å². The van der Waals surface area contributed by atoms with Crippen molar-refractivity contribution in [1.29, 1.82) is 0 Å². The minimum absolute atomic E-state index is 0.715. The molecule has 0 aromatic heterocycles. The van der Waals surface area contributed by atoms with E-state index >= 15 is 0 Å². The first-order valence-corrected chi connectivity index (χ1v) is 11.8. The van der Waals surface area contributed by atoms with Crippen LogP contribution in [0.1, 0.15) is 18.4 Å². The Morgan fingerprint density at radius 3 is 2.38 bits per heavy atom. The molecule has 0 unspecified atom stereocenters. The number of aliphatic imine (C=N–C) groups is 1. The maximum atomic E-state index is 5.55. The fourth-order valence-corrected chi connectivity index (χ4v) is 4.57. The molecule has 0 amide bonds. The van der Waals surface area contributed by atoms with Gasteiger partial charge in [-0.25, -0.2) is 0 Å². The smallest absolute Gasteiger partial charge is 0.193 e. The van der Waals surface area contributed by atoms with E-state index < -0.39 is 0 Å². The topological polar surface area (TPSA) is 61.8 Å². The molecular formula is C24H41N5O3. The molecule has 8 heteroatoms. The molecule has 2 saturated heterocycles. The van der Waals surface area contributed by atoms with Gasteiger partial charge in [0.15, 0.2) is 5.96 Å². The summed E-state index contributed by atoms with van der Waals surface area (Å²) in [6, 6.07) is 6.00. The number of likely N-dealkylation sites (tertiary alicyclic amines) is 1. The molecule has 0 spiro atoms. The zero-order chi connectivity index (χ0) is 22.8. The fraction of sp³-hybridized carbons (Fsp3) is 0.708. The van der Waals surface area contributed by atoms with Crippen molar-refractivity contribution >= 4 is 5.96 Å². The molecule has 0 saturated carbocycles. The van der Waals surface area contributed by atoms with Gasteiger partial charge in [-0.1, -0.05) is 0 Å².